The second-order valence-electron chi connectivity index (χ2n) is 5.85. The second kappa shape index (κ2) is 8.21. The summed E-state index contributed by atoms with van der Waals surface area (Å²) in [5, 5.41) is 3.23. The zero-order valence-electron chi connectivity index (χ0n) is 14.5. The van der Waals surface area contributed by atoms with Gasteiger partial charge in [-0.15, -0.1) is 0 Å². The molecule has 0 aromatic heterocycles. The van der Waals surface area contributed by atoms with Gasteiger partial charge < -0.3 is 10.1 Å². The Bertz CT molecular complexity index is 918. The van der Waals surface area contributed by atoms with Gasteiger partial charge >= 0.3 is 0 Å². The predicted molar refractivity (Wildman–Crippen MR) is 106 cm³/mol. The molecule has 0 atom stereocenters. The van der Waals surface area contributed by atoms with Crippen molar-refractivity contribution < 1.29 is 9.53 Å². The van der Waals surface area contributed by atoms with Crippen LogP contribution in [0.4, 0.5) is 5.69 Å². The maximum absolute atomic E-state index is 12.3. The van der Waals surface area contributed by atoms with Gasteiger partial charge in [0, 0.05) is 17.3 Å². The van der Waals surface area contributed by atoms with Crippen LogP contribution in [0.5, 0.6) is 11.5 Å². The lowest BCUT2D eigenvalue weighted by atomic mass is 9.97. The highest BCUT2D eigenvalue weighted by molar-refractivity contribution is 6.32. The number of hydrogen-bond acceptors (Lipinski definition) is 3. The molecule has 3 rings (SSSR count). The van der Waals surface area contributed by atoms with Crippen LogP contribution in [-0.4, -0.2) is 13.6 Å². The summed E-state index contributed by atoms with van der Waals surface area (Å²) in [4.78, 5) is 12.3. The topological polar surface area (TPSA) is 38.3 Å². The highest BCUT2D eigenvalue weighted by Gasteiger charge is 2.07. The molecule has 0 saturated carbocycles. The number of para-hydroxylation sites is 2. The van der Waals surface area contributed by atoms with E-state index in [0.29, 0.717) is 22.5 Å². The molecule has 3 aromatic rings. The fourth-order valence-corrected chi connectivity index (χ4v) is 2.45. The Morgan fingerprint density at radius 3 is 2.31 bits per heavy atom. The number of allylic oxidation sites excluding steroid dienone is 2. The second-order valence-corrected chi connectivity index (χ2v) is 5.85. The smallest absolute Gasteiger partial charge is 0.187 e. The van der Waals surface area contributed by atoms with Crippen molar-refractivity contribution in [2.75, 3.05) is 5.32 Å². The van der Waals surface area contributed by atoms with Crippen LogP contribution in [-0.2, 0) is 0 Å². The molecule has 0 aliphatic carbocycles. The Hall–Kier alpha value is -3.27. The van der Waals surface area contributed by atoms with Gasteiger partial charge in [-0.3, -0.25) is 4.79 Å². The molecule has 2 radical (unpaired) electrons. The molecule has 126 valence electrons. The SMILES string of the molecule is [B]c1ccc(Oc2ccccc2N/C(C)=C\C(=O)c2ccccc2)cc1. The van der Waals surface area contributed by atoms with Gasteiger partial charge in [-0.25, -0.2) is 0 Å². The van der Waals surface area contributed by atoms with E-state index in [1.165, 1.54) is 0 Å². The van der Waals surface area contributed by atoms with E-state index >= 15 is 0 Å². The van der Waals surface area contributed by atoms with Crippen LogP contribution >= 0.6 is 0 Å². The van der Waals surface area contributed by atoms with Crippen LogP contribution in [0.3, 0.4) is 0 Å². The molecule has 0 fully saturated rings. The van der Waals surface area contributed by atoms with Crippen LogP contribution in [0.15, 0.2) is 90.6 Å². The van der Waals surface area contributed by atoms with Gasteiger partial charge in [0.05, 0.1) is 5.69 Å². The summed E-state index contributed by atoms with van der Waals surface area (Å²) in [6, 6.07) is 23.9. The number of nitrogens with one attached hydrogen (secondary N) is 1. The van der Waals surface area contributed by atoms with Crippen molar-refractivity contribution in [1.82, 2.24) is 0 Å². The minimum absolute atomic E-state index is 0.0486. The third kappa shape index (κ3) is 4.64. The largest absolute Gasteiger partial charge is 0.455 e. The number of rotatable bonds is 6. The summed E-state index contributed by atoms with van der Waals surface area (Å²) in [7, 11) is 5.70. The van der Waals surface area contributed by atoms with Crippen LogP contribution in [0.1, 0.15) is 17.3 Å². The molecule has 0 heterocycles. The first-order valence-corrected chi connectivity index (χ1v) is 8.29. The van der Waals surface area contributed by atoms with Crippen LogP contribution in [0.25, 0.3) is 0 Å². The van der Waals surface area contributed by atoms with Gasteiger partial charge in [-0.1, -0.05) is 60.1 Å². The average Bonchev–Trinajstić information content (AvgIpc) is 2.66. The number of benzene rings is 3. The summed E-state index contributed by atoms with van der Waals surface area (Å²) in [5.74, 6) is 1.31. The number of anilines is 1. The maximum atomic E-state index is 12.3. The molecule has 3 aromatic carbocycles. The standard InChI is InChI=1S/C22H18BNO2/c1-16(15-21(25)17-7-3-2-4-8-17)24-20-9-5-6-10-22(20)26-19-13-11-18(23)12-14-19/h2-15,24H,1H3/b16-15-. The molecular formula is C22H18BNO2. The molecule has 1 N–H and O–H groups in total. The molecule has 0 amide bonds. The van der Waals surface area contributed by atoms with E-state index < -0.39 is 0 Å². The summed E-state index contributed by atoms with van der Waals surface area (Å²) < 4.78 is 5.92. The number of ketones is 1. The van der Waals surface area contributed by atoms with Crippen molar-refractivity contribution in [2.45, 2.75) is 6.92 Å². The van der Waals surface area contributed by atoms with Crippen molar-refractivity contribution in [3.05, 3.63) is 96.2 Å². The third-order valence-corrected chi connectivity index (χ3v) is 3.73. The van der Waals surface area contributed by atoms with Gasteiger partial charge in [-0.05, 0) is 31.2 Å². The van der Waals surface area contributed by atoms with E-state index in [0.717, 1.165) is 11.4 Å². The molecule has 0 aliphatic rings. The molecule has 4 heteroatoms. The monoisotopic (exact) mass is 339 g/mol. The molecule has 0 saturated heterocycles. The molecule has 0 bridgehead atoms. The molecule has 0 unspecified atom stereocenters. The lowest BCUT2D eigenvalue weighted by Crippen LogP contribution is -2.03. The Kier molecular flexibility index (Phi) is 5.54. The summed E-state index contributed by atoms with van der Waals surface area (Å²) in [6.45, 7) is 1.85. The number of carbonyl (C=O) groups excluding carboxylic acids is 1. The van der Waals surface area contributed by atoms with E-state index in [1.807, 2.05) is 61.5 Å². The van der Waals surface area contributed by atoms with E-state index in [2.05, 4.69) is 5.32 Å². The molecule has 3 nitrogen and oxygen atoms in total. The average molecular weight is 339 g/mol. The summed E-state index contributed by atoms with van der Waals surface area (Å²) in [5.41, 5.74) is 2.84. The first-order chi connectivity index (χ1) is 12.6. The van der Waals surface area contributed by atoms with Crippen molar-refractivity contribution in [3.63, 3.8) is 0 Å². The highest BCUT2D eigenvalue weighted by Crippen LogP contribution is 2.29. The van der Waals surface area contributed by atoms with Gasteiger partial charge in [-0.2, -0.15) is 0 Å². The van der Waals surface area contributed by atoms with Crippen LogP contribution in [0.2, 0.25) is 0 Å². The quantitative estimate of drug-likeness (QED) is 0.409. The highest BCUT2D eigenvalue weighted by atomic mass is 16.5. The normalized spacial score (nSPS) is 11.0. The molecule has 0 aliphatic heterocycles. The van der Waals surface area contributed by atoms with E-state index in [1.54, 1.807) is 30.3 Å². The molecular weight excluding hydrogens is 321 g/mol. The van der Waals surface area contributed by atoms with E-state index in [4.69, 9.17) is 12.6 Å². The molecule has 0 spiro atoms. The Morgan fingerprint density at radius 1 is 0.923 bits per heavy atom. The van der Waals surface area contributed by atoms with Crippen molar-refractivity contribution in [2.24, 2.45) is 0 Å². The number of carbonyl (C=O) groups is 1. The third-order valence-electron chi connectivity index (χ3n) is 3.73. The molecule has 26 heavy (non-hydrogen) atoms. The van der Waals surface area contributed by atoms with Crippen LogP contribution in [0, 0.1) is 0 Å². The minimum atomic E-state index is -0.0486. The van der Waals surface area contributed by atoms with Crippen molar-refractivity contribution in [3.8, 4) is 11.5 Å². The zero-order valence-corrected chi connectivity index (χ0v) is 14.5. The fraction of sp³-hybridized carbons (Fsp3) is 0.0455. The Balaban J connectivity index is 1.76. The maximum Gasteiger partial charge on any atom is 0.187 e. The first-order valence-electron chi connectivity index (χ1n) is 8.29. The predicted octanol–water partition coefficient (Wildman–Crippen LogP) is 4.47. The first kappa shape index (κ1) is 17.6. The summed E-state index contributed by atoms with van der Waals surface area (Å²) in [6.07, 6.45) is 1.58. The van der Waals surface area contributed by atoms with Crippen molar-refractivity contribution in [1.29, 1.82) is 0 Å². The lowest BCUT2D eigenvalue weighted by Gasteiger charge is -2.13. The van der Waals surface area contributed by atoms with Gasteiger partial charge in [0.25, 0.3) is 0 Å². The fourth-order valence-electron chi connectivity index (χ4n) is 2.45. The summed E-state index contributed by atoms with van der Waals surface area (Å²) >= 11 is 0. The van der Waals surface area contributed by atoms with Crippen molar-refractivity contribution >= 4 is 24.8 Å². The van der Waals surface area contributed by atoms with Gasteiger partial charge in [0.2, 0.25) is 0 Å². The Labute approximate surface area is 154 Å². The minimum Gasteiger partial charge on any atom is -0.455 e. The van der Waals surface area contributed by atoms with E-state index in [-0.39, 0.29) is 5.78 Å². The number of hydrogen-bond donors (Lipinski definition) is 1. The van der Waals surface area contributed by atoms with Gasteiger partial charge in [0.1, 0.15) is 13.6 Å². The van der Waals surface area contributed by atoms with E-state index in [9.17, 15) is 4.79 Å². The zero-order chi connectivity index (χ0) is 18.4. The number of ether oxygens (including phenoxy) is 1. The lowest BCUT2D eigenvalue weighted by molar-refractivity contribution is 0.104. The Morgan fingerprint density at radius 2 is 1.58 bits per heavy atom. The van der Waals surface area contributed by atoms with Crippen LogP contribution < -0.4 is 15.5 Å². The van der Waals surface area contributed by atoms with Gasteiger partial charge in [0.15, 0.2) is 11.5 Å².